The molecule has 0 aliphatic heterocycles. The minimum absolute atomic E-state index is 0.0987. The first-order valence-corrected chi connectivity index (χ1v) is 14.8. The molecule has 228 valence electrons. The van der Waals surface area contributed by atoms with Gasteiger partial charge < -0.3 is 29.0 Å². The third-order valence-corrected chi connectivity index (χ3v) is 8.73. The van der Waals surface area contributed by atoms with Crippen molar-refractivity contribution in [1.29, 1.82) is 0 Å². The summed E-state index contributed by atoms with van der Waals surface area (Å²) in [5.74, 6) is 1.69. The Hall–Kier alpha value is -4.12. The molecule has 0 aliphatic carbocycles. The van der Waals surface area contributed by atoms with Gasteiger partial charge in [0.1, 0.15) is 23.8 Å². The van der Waals surface area contributed by atoms with Gasteiger partial charge in [0, 0.05) is 12.1 Å². The van der Waals surface area contributed by atoms with E-state index < -0.39 is 28.5 Å². The van der Waals surface area contributed by atoms with Crippen molar-refractivity contribution < 1.29 is 36.9 Å². The number of carbonyl (C=O) groups excluding carboxylic acids is 1. The van der Waals surface area contributed by atoms with Crippen molar-refractivity contribution in [3.05, 3.63) is 65.2 Å². The van der Waals surface area contributed by atoms with Crippen LogP contribution in [0.3, 0.4) is 0 Å². The molecular weight excluding hydrogens is 560 g/mol. The van der Waals surface area contributed by atoms with Crippen LogP contribution in [0.5, 0.6) is 28.7 Å². The number of anilines is 1. The van der Waals surface area contributed by atoms with Crippen LogP contribution in [0, 0.1) is 6.92 Å². The third kappa shape index (κ3) is 6.84. The predicted molar refractivity (Wildman–Crippen MR) is 162 cm³/mol. The Bertz CT molecular complexity index is 1520. The molecule has 1 N–H and O–H groups in total. The average molecular weight is 601 g/mol. The monoisotopic (exact) mass is 600 g/mol. The van der Waals surface area contributed by atoms with Crippen LogP contribution in [0.15, 0.2) is 53.4 Å². The summed E-state index contributed by atoms with van der Waals surface area (Å²) in [6.07, 6.45) is 0. The van der Waals surface area contributed by atoms with Crippen LogP contribution in [0.25, 0.3) is 0 Å². The first-order chi connectivity index (χ1) is 19.9. The molecule has 0 aliphatic rings. The Balaban J connectivity index is 2.06. The van der Waals surface area contributed by atoms with Crippen LogP contribution < -0.4 is 33.3 Å². The van der Waals surface area contributed by atoms with E-state index >= 15 is 0 Å². The van der Waals surface area contributed by atoms with Crippen molar-refractivity contribution in [3.63, 3.8) is 0 Å². The van der Waals surface area contributed by atoms with Crippen molar-refractivity contribution in [2.24, 2.45) is 0 Å². The maximum absolute atomic E-state index is 14.1. The van der Waals surface area contributed by atoms with Gasteiger partial charge in [-0.3, -0.25) is 9.10 Å². The van der Waals surface area contributed by atoms with Crippen LogP contribution >= 0.6 is 0 Å². The molecule has 0 unspecified atom stereocenters. The van der Waals surface area contributed by atoms with Crippen LogP contribution in [-0.2, 0) is 14.8 Å². The van der Waals surface area contributed by atoms with Gasteiger partial charge in [-0.1, -0.05) is 13.8 Å². The lowest BCUT2D eigenvalue weighted by Crippen LogP contribution is -2.42. The highest BCUT2D eigenvalue weighted by molar-refractivity contribution is 7.92. The number of ether oxygens (including phenoxy) is 5. The van der Waals surface area contributed by atoms with E-state index in [4.69, 9.17) is 23.7 Å². The van der Waals surface area contributed by atoms with Gasteiger partial charge in [-0.25, -0.2) is 8.42 Å². The zero-order valence-corrected chi connectivity index (χ0v) is 26.4. The Morgan fingerprint density at radius 3 is 1.95 bits per heavy atom. The Morgan fingerprint density at radius 1 is 0.762 bits per heavy atom. The molecule has 42 heavy (non-hydrogen) atoms. The topological polar surface area (TPSA) is 113 Å². The van der Waals surface area contributed by atoms with Crippen molar-refractivity contribution in [2.75, 3.05) is 46.4 Å². The van der Waals surface area contributed by atoms with Crippen molar-refractivity contribution in [2.45, 2.75) is 44.6 Å². The van der Waals surface area contributed by atoms with Gasteiger partial charge in [-0.2, -0.15) is 0 Å². The maximum Gasteiger partial charge on any atom is 0.265 e. The van der Waals surface area contributed by atoms with Gasteiger partial charge in [0.15, 0.2) is 11.5 Å². The number of rotatable bonds is 13. The van der Waals surface area contributed by atoms with E-state index in [9.17, 15) is 13.2 Å². The molecule has 10 nitrogen and oxygen atoms in total. The number of hydrogen-bond acceptors (Lipinski definition) is 8. The fourth-order valence-corrected chi connectivity index (χ4v) is 6.14. The van der Waals surface area contributed by atoms with Gasteiger partial charge in [-0.15, -0.1) is 0 Å². The molecule has 0 bridgehead atoms. The number of carbonyl (C=O) groups is 1. The molecule has 3 aromatic carbocycles. The Kier molecular flexibility index (Phi) is 10.6. The van der Waals surface area contributed by atoms with E-state index in [0.29, 0.717) is 11.5 Å². The van der Waals surface area contributed by atoms with E-state index in [-0.39, 0.29) is 28.0 Å². The van der Waals surface area contributed by atoms with Crippen LogP contribution in [-0.4, -0.2) is 56.4 Å². The van der Waals surface area contributed by atoms with Crippen molar-refractivity contribution in [3.8, 4) is 28.7 Å². The molecule has 0 fully saturated rings. The second kappa shape index (κ2) is 13.7. The van der Waals surface area contributed by atoms with Crippen molar-refractivity contribution >= 4 is 21.6 Å². The lowest BCUT2D eigenvalue weighted by atomic mass is 9.93. The zero-order chi connectivity index (χ0) is 31.2. The van der Waals surface area contributed by atoms with Gasteiger partial charge in [-0.05, 0) is 72.9 Å². The molecule has 11 heteroatoms. The molecule has 0 radical (unpaired) electrons. The van der Waals surface area contributed by atoms with Gasteiger partial charge in [0.05, 0.1) is 52.2 Å². The lowest BCUT2D eigenvalue weighted by Gasteiger charge is -2.27. The van der Waals surface area contributed by atoms with E-state index in [1.807, 2.05) is 26.0 Å². The number of methoxy groups -OCH3 is 5. The highest BCUT2D eigenvalue weighted by Crippen LogP contribution is 2.38. The van der Waals surface area contributed by atoms with E-state index in [0.717, 1.165) is 26.7 Å². The van der Waals surface area contributed by atoms with E-state index in [1.165, 1.54) is 52.7 Å². The third-order valence-electron chi connectivity index (χ3n) is 6.97. The number of benzene rings is 3. The molecule has 3 rings (SSSR count). The predicted octanol–water partition coefficient (Wildman–Crippen LogP) is 5.23. The second-order valence-corrected chi connectivity index (χ2v) is 11.8. The SMILES string of the molecule is COc1ccc(OC)c(N(CC(=O)N[C@H](C)c2cc(C(C)C)c(OC)cc2C)S(=O)(=O)c2ccc(OC)c(OC)c2)c1. The van der Waals surface area contributed by atoms with Crippen LogP contribution in [0.2, 0.25) is 0 Å². The van der Waals surface area contributed by atoms with Crippen molar-refractivity contribution in [1.82, 2.24) is 5.32 Å². The largest absolute Gasteiger partial charge is 0.497 e. The zero-order valence-electron chi connectivity index (χ0n) is 25.6. The number of nitrogens with one attached hydrogen (secondary N) is 1. The van der Waals surface area contributed by atoms with Crippen LogP contribution in [0.1, 0.15) is 49.4 Å². The number of hydrogen-bond donors (Lipinski definition) is 1. The number of nitrogens with zero attached hydrogens (tertiary/aromatic N) is 1. The molecule has 0 aromatic heterocycles. The first kappa shape index (κ1) is 32.4. The van der Waals surface area contributed by atoms with E-state index in [2.05, 4.69) is 19.2 Å². The molecule has 3 aromatic rings. The summed E-state index contributed by atoms with van der Waals surface area (Å²) >= 11 is 0. The summed E-state index contributed by atoms with van der Waals surface area (Å²) < 4.78 is 56.3. The van der Waals surface area contributed by atoms with Crippen LogP contribution in [0.4, 0.5) is 5.69 Å². The molecule has 1 amide bonds. The normalized spacial score (nSPS) is 12.0. The maximum atomic E-state index is 14.1. The molecule has 1 atom stereocenters. The molecule has 0 saturated heterocycles. The first-order valence-electron chi connectivity index (χ1n) is 13.4. The summed E-state index contributed by atoms with van der Waals surface area (Å²) in [6, 6.07) is 12.5. The summed E-state index contributed by atoms with van der Waals surface area (Å²) in [7, 11) is 3.08. The Labute approximate surface area is 248 Å². The number of amides is 1. The van der Waals surface area contributed by atoms with Gasteiger partial charge in [0.25, 0.3) is 10.0 Å². The molecule has 0 saturated carbocycles. The standard InChI is InChI=1S/C31H40N2O8S/c1-19(2)24-17-25(20(3)14-29(24)40-8)21(4)32-31(34)18-33(26-15-22(37-5)10-12-27(26)38-6)42(35,36)23-11-13-28(39-7)30(16-23)41-9/h10-17,19,21H,18H2,1-9H3,(H,32,34)/t21-/m1/s1. The van der Waals surface area contributed by atoms with Gasteiger partial charge in [0.2, 0.25) is 5.91 Å². The highest BCUT2D eigenvalue weighted by atomic mass is 32.2. The number of aryl methyl sites for hydroxylation is 1. The molecule has 0 spiro atoms. The minimum Gasteiger partial charge on any atom is -0.497 e. The van der Waals surface area contributed by atoms with Gasteiger partial charge >= 0.3 is 0 Å². The lowest BCUT2D eigenvalue weighted by molar-refractivity contribution is -0.120. The fraction of sp³-hybridized carbons (Fsp3) is 0.387. The summed E-state index contributed by atoms with van der Waals surface area (Å²) in [5, 5.41) is 2.97. The summed E-state index contributed by atoms with van der Waals surface area (Å²) in [5.41, 5.74) is 2.99. The quantitative estimate of drug-likeness (QED) is 0.284. The average Bonchev–Trinajstić information content (AvgIpc) is 2.98. The minimum atomic E-state index is -4.32. The fourth-order valence-electron chi connectivity index (χ4n) is 4.70. The Morgan fingerprint density at radius 2 is 1.38 bits per heavy atom. The van der Waals surface area contributed by atoms with E-state index in [1.54, 1.807) is 19.2 Å². The summed E-state index contributed by atoms with van der Waals surface area (Å²) in [4.78, 5) is 13.5. The second-order valence-electron chi connectivity index (χ2n) is 9.96. The highest BCUT2D eigenvalue weighted by Gasteiger charge is 2.31. The number of sulfonamides is 1. The molecule has 0 heterocycles. The summed E-state index contributed by atoms with van der Waals surface area (Å²) in [6.45, 7) is 7.41. The smallest absolute Gasteiger partial charge is 0.265 e. The molecular formula is C31H40N2O8S.